The van der Waals surface area contributed by atoms with Crippen LogP contribution in [0.25, 0.3) is 0 Å². The molecule has 110 valence electrons. The van der Waals surface area contributed by atoms with Crippen molar-refractivity contribution < 1.29 is 9.90 Å². The minimum Gasteiger partial charge on any atom is -0.395 e. The van der Waals surface area contributed by atoms with Crippen LogP contribution in [0.15, 0.2) is 18.3 Å². The zero-order chi connectivity index (χ0) is 15.7. The van der Waals surface area contributed by atoms with Crippen molar-refractivity contribution in [2.24, 2.45) is 5.92 Å². The number of carbonyl (C=O) groups is 1. The van der Waals surface area contributed by atoms with Gasteiger partial charge in [-0.25, -0.2) is 4.98 Å². The molecule has 0 fully saturated rings. The normalized spacial score (nSPS) is 11.0. The first-order valence-electron chi connectivity index (χ1n) is 6.87. The molecule has 0 saturated carbocycles. The Labute approximate surface area is 125 Å². The van der Waals surface area contributed by atoms with Crippen molar-refractivity contribution in [3.8, 4) is 17.9 Å². The molecule has 0 saturated heterocycles. The second-order valence-electron chi connectivity index (χ2n) is 4.58. The summed E-state index contributed by atoms with van der Waals surface area (Å²) in [5.41, 5.74) is 1.04. The third kappa shape index (κ3) is 5.25. The van der Waals surface area contributed by atoms with Crippen molar-refractivity contribution in [3.63, 3.8) is 0 Å². The van der Waals surface area contributed by atoms with E-state index in [0.717, 1.165) is 0 Å². The highest BCUT2D eigenvalue weighted by atomic mass is 16.2. The number of hydrogen-bond donors (Lipinski definition) is 1. The van der Waals surface area contributed by atoms with E-state index in [-0.39, 0.29) is 18.4 Å². The van der Waals surface area contributed by atoms with E-state index in [1.807, 2.05) is 6.92 Å². The molecule has 1 aromatic rings. The number of nitriles is 1. The standard InChI is InChI=1S/C16H19N3O2/c1-3-19(12-13(2)10-17)16(21)15-8-7-14(11-18-15)6-4-5-9-20/h7-8,11,13,20H,3,5,9,12H2,1-2H3. The number of aromatic nitrogens is 1. The fourth-order valence-corrected chi connectivity index (χ4v) is 1.70. The van der Waals surface area contributed by atoms with Gasteiger partial charge in [-0.05, 0) is 26.0 Å². The van der Waals surface area contributed by atoms with E-state index in [4.69, 9.17) is 10.4 Å². The van der Waals surface area contributed by atoms with Crippen molar-refractivity contribution in [2.75, 3.05) is 19.7 Å². The maximum atomic E-state index is 12.3. The van der Waals surface area contributed by atoms with Gasteiger partial charge < -0.3 is 10.0 Å². The van der Waals surface area contributed by atoms with E-state index in [0.29, 0.717) is 30.8 Å². The van der Waals surface area contributed by atoms with E-state index in [2.05, 4.69) is 22.9 Å². The first kappa shape index (κ1) is 16.7. The lowest BCUT2D eigenvalue weighted by atomic mass is 10.2. The Morgan fingerprint density at radius 1 is 1.52 bits per heavy atom. The van der Waals surface area contributed by atoms with E-state index >= 15 is 0 Å². The molecule has 0 bridgehead atoms. The summed E-state index contributed by atoms with van der Waals surface area (Å²) in [6, 6.07) is 5.48. The van der Waals surface area contributed by atoms with Gasteiger partial charge in [-0.3, -0.25) is 4.79 Å². The maximum Gasteiger partial charge on any atom is 0.272 e. The second-order valence-corrected chi connectivity index (χ2v) is 4.58. The SMILES string of the molecule is CCN(CC(C)C#N)C(=O)c1ccc(C#CCCO)cn1. The number of pyridine rings is 1. The average Bonchev–Trinajstić information content (AvgIpc) is 2.52. The van der Waals surface area contributed by atoms with Gasteiger partial charge in [0.2, 0.25) is 0 Å². The van der Waals surface area contributed by atoms with Gasteiger partial charge in [-0.1, -0.05) is 11.8 Å². The molecule has 0 radical (unpaired) electrons. The molecule has 0 spiro atoms. The molecular formula is C16H19N3O2. The molecule has 21 heavy (non-hydrogen) atoms. The molecular weight excluding hydrogens is 266 g/mol. The van der Waals surface area contributed by atoms with E-state index in [1.54, 1.807) is 30.2 Å². The van der Waals surface area contributed by atoms with Crippen LogP contribution < -0.4 is 0 Å². The summed E-state index contributed by atoms with van der Waals surface area (Å²) in [5.74, 6) is 5.26. The molecule has 0 aromatic carbocycles. The Hall–Kier alpha value is -2.37. The van der Waals surface area contributed by atoms with Crippen LogP contribution in [0.1, 0.15) is 36.3 Å². The van der Waals surface area contributed by atoms with Crippen LogP contribution in [0.3, 0.4) is 0 Å². The summed E-state index contributed by atoms with van der Waals surface area (Å²) in [4.78, 5) is 18.0. The zero-order valence-corrected chi connectivity index (χ0v) is 12.3. The van der Waals surface area contributed by atoms with Crippen molar-refractivity contribution in [2.45, 2.75) is 20.3 Å². The van der Waals surface area contributed by atoms with Crippen LogP contribution in [0.4, 0.5) is 0 Å². The smallest absolute Gasteiger partial charge is 0.272 e. The zero-order valence-electron chi connectivity index (χ0n) is 12.3. The van der Waals surface area contributed by atoms with Gasteiger partial charge in [0.05, 0.1) is 18.6 Å². The molecule has 1 rings (SSSR count). The molecule has 1 amide bonds. The minimum absolute atomic E-state index is 0.0273. The summed E-state index contributed by atoms with van der Waals surface area (Å²) in [7, 11) is 0. The molecule has 0 aliphatic carbocycles. The van der Waals surface area contributed by atoms with E-state index in [9.17, 15) is 4.79 Å². The Morgan fingerprint density at radius 2 is 2.29 bits per heavy atom. The van der Waals surface area contributed by atoms with Gasteiger partial charge in [0.15, 0.2) is 0 Å². The van der Waals surface area contributed by atoms with Gasteiger partial charge >= 0.3 is 0 Å². The largest absolute Gasteiger partial charge is 0.395 e. The Kier molecular flexibility index (Phi) is 6.94. The monoisotopic (exact) mass is 285 g/mol. The highest BCUT2D eigenvalue weighted by molar-refractivity contribution is 5.92. The lowest BCUT2D eigenvalue weighted by Crippen LogP contribution is -2.34. The number of amides is 1. The predicted octanol–water partition coefficient (Wildman–Crippen LogP) is 1.44. The lowest BCUT2D eigenvalue weighted by molar-refractivity contribution is 0.0747. The second kappa shape index (κ2) is 8.73. The van der Waals surface area contributed by atoms with Crippen LogP contribution >= 0.6 is 0 Å². The lowest BCUT2D eigenvalue weighted by Gasteiger charge is -2.21. The van der Waals surface area contributed by atoms with Crippen molar-refractivity contribution in [1.82, 2.24) is 9.88 Å². The quantitative estimate of drug-likeness (QED) is 0.830. The Balaban J connectivity index is 2.79. The van der Waals surface area contributed by atoms with Crippen LogP contribution in [0.2, 0.25) is 0 Å². The van der Waals surface area contributed by atoms with E-state index in [1.165, 1.54) is 0 Å². The topological polar surface area (TPSA) is 77.2 Å². The average molecular weight is 285 g/mol. The fraction of sp³-hybridized carbons (Fsp3) is 0.438. The van der Waals surface area contributed by atoms with Gasteiger partial charge in [0, 0.05) is 31.3 Å². The number of rotatable bonds is 5. The van der Waals surface area contributed by atoms with Crippen LogP contribution in [-0.2, 0) is 0 Å². The molecule has 1 unspecified atom stereocenters. The highest BCUT2D eigenvalue weighted by Crippen LogP contribution is 2.06. The summed E-state index contributed by atoms with van der Waals surface area (Å²) in [6.45, 7) is 4.61. The first-order chi connectivity index (χ1) is 10.1. The number of aliphatic hydroxyl groups excluding tert-OH is 1. The first-order valence-corrected chi connectivity index (χ1v) is 6.87. The molecule has 5 heteroatoms. The number of carbonyl (C=O) groups excluding carboxylic acids is 1. The third-order valence-corrected chi connectivity index (χ3v) is 2.84. The van der Waals surface area contributed by atoms with Crippen LogP contribution in [-0.4, -0.2) is 40.6 Å². The van der Waals surface area contributed by atoms with Crippen LogP contribution in [0.5, 0.6) is 0 Å². The number of aliphatic hydroxyl groups is 1. The predicted molar refractivity (Wildman–Crippen MR) is 79.2 cm³/mol. The van der Waals surface area contributed by atoms with E-state index < -0.39 is 0 Å². The Bertz CT molecular complexity index is 564. The fourth-order valence-electron chi connectivity index (χ4n) is 1.70. The molecule has 1 N–H and O–H groups in total. The van der Waals surface area contributed by atoms with Crippen LogP contribution in [0, 0.1) is 29.1 Å². The Morgan fingerprint density at radius 3 is 2.81 bits per heavy atom. The molecule has 0 aliphatic heterocycles. The molecule has 1 heterocycles. The number of nitrogens with zero attached hydrogens (tertiary/aromatic N) is 3. The molecule has 1 atom stereocenters. The molecule has 5 nitrogen and oxygen atoms in total. The minimum atomic E-state index is -0.211. The summed E-state index contributed by atoms with van der Waals surface area (Å²) < 4.78 is 0. The third-order valence-electron chi connectivity index (χ3n) is 2.84. The summed E-state index contributed by atoms with van der Waals surface area (Å²) >= 11 is 0. The highest BCUT2D eigenvalue weighted by Gasteiger charge is 2.17. The number of hydrogen-bond acceptors (Lipinski definition) is 4. The van der Waals surface area contributed by atoms with Crippen molar-refractivity contribution in [3.05, 3.63) is 29.6 Å². The van der Waals surface area contributed by atoms with Gasteiger partial charge in [-0.15, -0.1) is 0 Å². The summed E-state index contributed by atoms with van der Waals surface area (Å²) in [5, 5.41) is 17.5. The van der Waals surface area contributed by atoms with Crippen molar-refractivity contribution >= 4 is 5.91 Å². The van der Waals surface area contributed by atoms with Gasteiger partial charge in [0.25, 0.3) is 5.91 Å². The van der Waals surface area contributed by atoms with Gasteiger partial charge in [-0.2, -0.15) is 5.26 Å². The van der Waals surface area contributed by atoms with Crippen molar-refractivity contribution in [1.29, 1.82) is 5.26 Å². The van der Waals surface area contributed by atoms with Gasteiger partial charge in [0.1, 0.15) is 5.69 Å². The summed E-state index contributed by atoms with van der Waals surface area (Å²) in [6.07, 6.45) is 1.95. The molecule has 0 aliphatic rings. The maximum absolute atomic E-state index is 12.3. The molecule has 1 aromatic heterocycles.